The monoisotopic (exact) mass is 294 g/mol. The molecule has 0 aliphatic heterocycles. The molecule has 2 aromatic heterocycles. The summed E-state index contributed by atoms with van der Waals surface area (Å²) in [5.74, 6) is 0.965. The zero-order valence-corrected chi connectivity index (χ0v) is 12.5. The number of nitrogens with zero attached hydrogens (tertiary/aromatic N) is 4. The van der Waals surface area contributed by atoms with Crippen molar-refractivity contribution in [1.82, 2.24) is 14.6 Å². The maximum absolute atomic E-state index is 9.31. The number of aromatic nitrogens is 3. The first-order valence-corrected chi connectivity index (χ1v) is 7.54. The smallest absolute Gasteiger partial charge is 0.154 e. The first-order chi connectivity index (χ1) is 10.8. The summed E-state index contributed by atoms with van der Waals surface area (Å²) in [6.07, 6.45) is 4.32. The molecule has 1 aromatic carbocycles. The molecule has 0 spiro atoms. The maximum atomic E-state index is 9.31. The second-order valence-electron chi connectivity index (χ2n) is 5.81. The quantitative estimate of drug-likeness (QED) is 0.803. The van der Waals surface area contributed by atoms with E-state index >= 15 is 0 Å². The molecule has 3 aromatic rings. The van der Waals surface area contributed by atoms with Crippen molar-refractivity contribution in [3.05, 3.63) is 48.2 Å². The zero-order valence-electron chi connectivity index (χ0n) is 12.5. The van der Waals surface area contributed by atoms with Crippen molar-refractivity contribution in [3.8, 4) is 11.3 Å². The average molecular weight is 294 g/mol. The van der Waals surface area contributed by atoms with E-state index in [0.717, 1.165) is 28.3 Å². The number of fused-ring (bicyclic) bond motifs is 1. The Labute approximate surface area is 128 Å². The molecule has 0 unspecified atom stereocenters. The predicted molar refractivity (Wildman–Crippen MR) is 85.8 cm³/mol. The summed E-state index contributed by atoms with van der Waals surface area (Å²) in [5, 5.41) is 14.1. The minimum absolute atomic E-state index is 0.0354. The molecule has 5 nitrogen and oxygen atoms in total. The van der Waals surface area contributed by atoms with Gasteiger partial charge in [-0.25, -0.2) is 9.50 Å². The molecular formula is C17H18N4O. The summed E-state index contributed by atoms with van der Waals surface area (Å²) in [6.45, 7) is 0.0354. The molecule has 0 radical (unpaired) electrons. The van der Waals surface area contributed by atoms with Gasteiger partial charge in [0.15, 0.2) is 5.65 Å². The van der Waals surface area contributed by atoms with Crippen LogP contribution in [0.2, 0.25) is 0 Å². The Kier molecular flexibility index (Phi) is 3.08. The van der Waals surface area contributed by atoms with Crippen molar-refractivity contribution in [3.63, 3.8) is 0 Å². The Bertz CT molecular complexity index is 822. The van der Waals surface area contributed by atoms with Crippen LogP contribution in [0.15, 0.2) is 42.6 Å². The molecule has 5 heteroatoms. The lowest BCUT2D eigenvalue weighted by Crippen LogP contribution is -2.21. The summed E-state index contributed by atoms with van der Waals surface area (Å²) in [7, 11) is 2.09. The number of aliphatic hydroxyl groups excluding tert-OH is 1. The van der Waals surface area contributed by atoms with Gasteiger partial charge in [-0.15, -0.1) is 5.10 Å². The third-order valence-electron chi connectivity index (χ3n) is 4.21. The molecule has 1 fully saturated rings. The lowest BCUT2D eigenvalue weighted by atomic mass is 10.1. The fourth-order valence-corrected chi connectivity index (χ4v) is 2.73. The van der Waals surface area contributed by atoms with Crippen molar-refractivity contribution < 1.29 is 5.11 Å². The molecule has 22 heavy (non-hydrogen) atoms. The van der Waals surface area contributed by atoms with Crippen molar-refractivity contribution in [2.24, 2.45) is 0 Å². The van der Waals surface area contributed by atoms with Gasteiger partial charge in [-0.3, -0.25) is 0 Å². The van der Waals surface area contributed by atoms with Gasteiger partial charge in [0.2, 0.25) is 0 Å². The number of benzene rings is 1. The summed E-state index contributed by atoms with van der Waals surface area (Å²) < 4.78 is 1.88. The molecule has 2 heterocycles. The number of anilines is 1. The van der Waals surface area contributed by atoms with E-state index in [4.69, 9.17) is 5.10 Å². The highest BCUT2D eigenvalue weighted by atomic mass is 16.3. The van der Waals surface area contributed by atoms with E-state index in [1.54, 1.807) is 0 Å². The van der Waals surface area contributed by atoms with Crippen molar-refractivity contribution in [2.45, 2.75) is 25.5 Å². The van der Waals surface area contributed by atoms with Crippen molar-refractivity contribution >= 4 is 11.5 Å². The van der Waals surface area contributed by atoms with Gasteiger partial charge in [0, 0.05) is 18.7 Å². The molecule has 112 valence electrons. The number of aliphatic hydroxyl groups is 1. The van der Waals surface area contributed by atoms with Gasteiger partial charge in [0.05, 0.1) is 18.5 Å². The van der Waals surface area contributed by atoms with Crippen LogP contribution in [0.5, 0.6) is 0 Å². The van der Waals surface area contributed by atoms with Gasteiger partial charge in [-0.1, -0.05) is 18.2 Å². The largest absolute Gasteiger partial charge is 0.392 e. The molecule has 1 aliphatic carbocycles. The van der Waals surface area contributed by atoms with Crippen LogP contribution in [0.1, 0.15) is 18.4 Å². The van der Waals surface area contributed by atoms with E-state index in [0.29, 0.717) is 6.04 Å². The van der Waals surface area contributed by atoms with E-state index in [2.05, 4.69) is 16.9 Å². The van der Waals surface area contributed by atoms with Gasteiger partial charge in [0.1, 0.15) is 5.82 Å². The maximum Gasteiger partial charge on any atom is 0.154 e. The van der Waals surface area contributed by atoms with E-state index in [1.165, 1.54) is 12.8 Å². The standard InChI is InChI=1S/C17H18N4O/c1-20(14-5-6-14)17-8-7-16-18-10-15(21(16)19-17)13-4-2-3-12(9-13)11-22/h2-4,7-10,14,22H,5-6,11H2,1H3. The van der Waals surface area contributed by atoms with Crippen LogP contribution in [0, 0.1) is 0 Å². The Balaban J connectivity index is 1.81. The van der Waals surface area contributed by atoms with Crippen molar-refractivity contribution in [1.29, 1.82) is 0 Å². The van der Waals surface area contributed by atoms with Gasteiger partial charge >= 0.3 is 0 Å². The van der Waals surface area contributed by atoms with Gasteiger partial charge in [-0.05, 0) is 36.6 Å². The Morgan fingerprint density at radius 1 is 1.27 bits per heavy atom. The number of hydrogen-bond acceptors (Lipinski definition) is 4. The Morgan fingerprint density at radius 2 is 2.14 bits per heavy atom. The highest BCUT2D eigenvalue weighted by Gasteiger charge is 2.27. The molecule has 0 amide bonds. The van der Waals surface area contributed by atoms with Crippen LogP contribution in [-0.2, 0) is 6.61 Å². The van der Waals surface area contributed by atoms with Gasteiger partial charge < -0.3 is 10.0 Å². The van der Waals surface area contributed by atoms with Crippen LogP contribution in [-0.4, -0.2) is 32.8 Å². The average Bonchev–Trinajstić information content (AvgIpc) is 3.33. The first kappa shape index (κ1) is 13.3. The van der Waals surface area contributed by atoms with E-state index in [1.807, 2.05) is 47.1 Å². The molecule has 0 saturated heterocycles. The summed E-state index contributed by atoms with van der Waals surface area (Å²) in [6, 6.07) is 12.5. The fraction of sp³-hybridized carbons (Fsp3) is 0.294. The minimum atomic E-state index is 0.0354. The molecular weight excluding hydrogens is 276 g/mol. The highest BCUT2D eigenvalue weighted by molar-refractivity contribution is 5.64. The second-order valence-corrected chi connectivity index (χ2v) is 5.81. The highest BCUT2D eigenvalue weighted by Crippen LogP contribution is 2.29. The van der Waals surface area contributed by atoms with Crippen LogP contribution < -0.4 is 4.90 Å². The summed E-state index contributed by atoms with van der Waals surface area (Å²) >= 11 is 0. The summed E-state index contributed by atoms with van der Waals surface area (Å²) in [5.41, 5.74) is 3.67. The third-order valence-corrected chi connectivity index (χ3v) is 4.21. The van der Waals surface area contributed by atoms with Crippen LogP contribution >= 0.6 is 0 Å². The first-order valence-electron chi connectivity index (χ1n) is 7.54. The number of imidazole rings is 1. The Morgan fingerprint density at radius 3 is 2.91 bits per heavy atom. The third kappa shape index (κ3) is 2.23. The molecule has 1 saturated carbocycles. The van der Waals surface area contributed by atoms with E-state index in [-0.39, 0.29) is 6.61 Å². The van der Waals surface area contributed by atoms with Crippen LogP contribution in [0.25, 0.3) is 16.9 Å². The van der Waals surface area contributed by atoms with Gasteiger partial charge in [-0.2, -0.15) is 0 Å². The normalized spacial score (nSPS) is 14.5. The zero-order chi connectivity index (χ0) is 15.1. The molecule has 1 aliphatic rings. The lowest BCUT2D eigenvalue weighted by molar-refractivity contribution is 0.282. The number of rotatable bonds is 4. The van der Waals surface area contributed by atoms with E-state index < -0.39 is 0 Å². The second kappa shape index (κ2) is 5.10. The predicted octanol–water partition coefficient (Wildman–Crippen LogP) is 2.49. The lowest BCUT2D eigenvalue weighted by Gasteiger charge is -2.17. The topological polar surface area (TPSA) is 53.7 Å². The molecule has 0 atom stereocenters. The molecule has 1 N–H and O–H groups in total. The minimum Gasteiger partial charge on any atom is -0.392 e. The number of hydrogen-bond donors (Lipinski definition) is 1. The van der Waals surface area contributed by atoms with Crippen LogP contribution in [0.3, 0.4) is 0 Å². The van der Waals surface area contributed by atoms with Crippen LogP contribution in [0.4, 0.5) is 5.82 Å². The SMILES string of the molecule is CN(c1ccc2ncc(-c3cccc(CO)c3)n2n1)C1CC1. The molecule has 4 rings (SSSR count). The molecule has 0 bridgehead atoms. The van der Waals surface area contributed by atoms with Crippen molar-refractivity contribution in [2.75, 3.05) is 11.9 Å². The van der Waals surface area contributed by atoms with Gasteiger partial charge in [0.25, 0.3) is 0 Å². The Hall–Kier alpha value is -2.40. The van der Waals surface area contributed by atoms with E-state index in [9.17, 15) is 5.11 Å². The fourth-order valence-electron chi connectivity index (χ4n) is 2.73. The summed E-state index contributed by atoms with van der Waals surface area (Å²) in [4.78, 5) is 6.66.